The van der Waals surface area contributed by atoms with Gasteiger partial charge in [-0.3, -0.25) is 9.78 Å². The summed E-state index contributed by atoms with van der Waals surface area (Å²) >= 11 is 3.27. The summed E-state index contributed by atoms with van der Waals surface area (Å²) in [5, 5.41) is 10.3. The molecule has 0 bridgehead atoms. The fourth-order valence-electron chi connectivity index (χ4n) is 2.26. The molecule has 0 aliphatic carbocycles. The van der Waals surface area contributed by atoms with E-state index in [1.165, 1.54) is 6.20 Å². The number of halogens is 1. The second-order valence-electron chi connectivity index (χ2n) is 4.94. The predicted molar refractivity (Wildman–Crippen MR) is 78.7 cm³/mol. The Kier molecular flexibility index (Phi) is 4.95. The second kappa shape index (κ2) is 6.53. The normalized spacial score (nSPS) is 17.4. The molecule has 2 rings (SSSR count). The fraction of sp³-hybridized carbons (Fsp3) is 0.500. The monoisotopic (exact) mass is 356 g/mol. The molecule has 21 heavy (non-hydrogen) atoms. The maximum absolute atomic E-state index is 12.3. The lowest BCUT2D eigenvalue weighted by Gasteiger charge is -2.36. The van der Waals surface area contributed by atoms with E-state index >= 15 is 0 Å². The van der Waals surface area contributed by atoms with Crippen LogP contribution in [-0.4, -0.2) is 52.2 Å². The summed E-state index contributed by atoms with van der Waals surface area (Å²) in [4.78, 5) is 29.6. The summed E-state index contributed by atoms with van der Waals surface area (Å²) < 4.78 is 5.60. The van der Waals surface area contributed by atoms with Crippen molar-refractivity contribution in [1.82, 2.24) is 9.88 Å². The van der Waals surface area contributed by atoms with Gasteiger partial charge in [-0.25, -0.2) is 4.79 Å². The molecule has 7 heteroatoms. The fourth-order valence-corrected chi connectivity index (χ4v) is 2.63. The zero-order valence-electron chi connectivity index (χ0n) is 11.7. The topological polar surface area (TPSA) is 79.7 Å². The number of carbonyl (C=O) groups excluding carboxylic acids is 2. The summed E-state index contributed by atoms with van der Waals surface area (Å²) in [6, 6.07) is 1.70. The van der Waals surface area contributed by atoms with Crippen LogP contribution in [0.1, 0.15) is 30.1 Å². The molecule has 0 radical (unpaired) electrons. The number of ether oxygens (including phenoxy) is 1. The Morgan fingerprint density at radius 2 is 2.10 bits per heavy atom. The van der Waals surface area contributed by atoms with Gasteiger partial charge in [0.15, 0.2) is 5.60 Å². The number of pyridine rings is 1. The quantitative estimate of drug-likeness (QED) is 0.827. The summed E-state index contributed by atoms with van der Waals surface area (Å²) in [7, 11) is 0. The zero-order chi connectivity index (χ0) is 15.5. The van der Waals surface area contributed by atoms with E-state index in [9.17, 15) is 14.7 Å². The van der Waals surface area contributed by atoms with E-state index < -0.39 is 11.6 Å². The van der Waals surface area contributed by atoms with Crippen molar-refractivity contribution in [3.05, 3.63) is 28.5 Å². The summed E-state index contributed by atoms with van der Waals surface area (Å²) in [6.45, 7) is 2.54. The van der Waals surface area contributed by atoms with Crippen molar-refractivity contribution in [3.63, 3.8) is 0 Å². The minimum absolute atomic E-state index is 0.158. The molecule has 1 aromatic heterocycles. The Morgan fingerprint density at radius 3 is 2.67 bits per heavy atom. The van der Waals surface area contributed by atoms with Crippen LogP contribution in [0.15, 0.2) is 22.9 Å². The number of esters is 1. The number of piperidine rings is 1. The van der Waals surface area contributed by atoms with Gasteiger partial charge in [0, 0.05) is 42.8 Å². The third-order valence-corrected chi connectivity index (χ3v) is 3.92. The molecular formula is C14H17BrN2O4. The van der Waals surface area contributed by atoms with E-state index in [0.29, 0.717) is 18.7 Å². The highest BCUT2D eigenvalue weighted by atomic mass is 79.9. The molecule has 1 fully saturated rings. The molecular weight excluding hydrogens is 340 g/mol. The van der Waals surface area contributed by atoms with Crippen LogP contribution in [0.25, 0.3) is 0 Å². The van der Waals surface area contributed by atoms with E-state index in [2.05, 4.69) is 20.9 Å². The standard InChI is InChI=1S/C14H17BrN2O4/c1-2-21-13(19)14(20)3-5-17(6-4-14)12(18)10-7-11(15)9-16-8-10/h7-9,20H,2-6H2,1H3. The molecule has 1 amide bonds. The Bertz CT molecular complexity index is 542. The molecule has 0 spiro atoms. The Hall–Kier alpha value is -1.47. The average molecular weight is 357 g/mol. The minimum atomic E-state index is -1.48. The van der Waals surface area contributed by atoms with Gasteiger partial charge in [-0.15, -0.1) is 0 Å². The highest BCUT2D eigenvalue weighted by Crippen LogP contribution is 2.25. The Labute approximate surface area is 131 Å². The number of hydrogen-bond acceptors (Lipinski definition) is 5. The molecule has 0 atom stereocenters. The number of aliphatic hydroxyl groups is 1. The van der Waals surface area contributed by atoms with Crippen molar-refractivity contribution in [3.8, 4) is 0 Å². The second-order valence-corrected chi connectivity index (χ2v) is 5.85. The molecule has 1 aliphatic heterocycles. The van der Waals surface area contributed by atoms with Gasteiger partial charge in [0.05, 0.1) is 12.2 Å². The van der Waals surface area contributed by atoms with Crippen molar-refractivity contribution >= 4 is 27.8 Å². The highest BCUT2D eigenvalue weighted by Gasteiger charge is 2.41. The zero-order valence-corrected chi connectivity index (χ0v) is 13.3. The van der Waals surface area contributed by atoms with E-state index in [1.54, 1.807) is 24.1 Å². The first-order chi connectivity index (χ1) is 9.96. The average Bonchev–Trinajstić information content (AvgIpc) is 2.47. The number of aromatic nitrogens is 1. The van der Waals surface area contributed by atoms with Crippen molar-refractivity contribution in [1.29, 1.82) is 0 Å². The van der Waals surface area contributed by atoms with E-state index in [1.807, 2.05) is 0 Å². The number of nitrogens with zero attached hydrogens (tertiary/aromatic N) is 2. The number of hydrogen-bond donors (Lipinski definition) is 1. The van der Waals surface area contributed by atoms with Crippen molar-refractivity contribution in [2.24, 2.45) is 0 Å². The van der Waals surface area contributed by atoms with Crippen LogP contribution in [0.2, 0.25) is 0 Å². The molecule has 1 aliphatic rings. The van der Waals surface area contributed by atoms with Gasteiger partial charge in [0.1, 0.15) is 0 Å². The summed E-state index contributed by atoms with van der Waals surface area (Å²) in [5.41, 5.74) is -1.01. The van der Waals surface area contributed by atoms with Gasteiger partial charge in [0.2, 0.25) is 0 Å². The van der Waals surface area contributed by atoms with Crippen LogP contribution in [0.5, 0.6) is 0 Å². The van der Waals surface area contributed by atoms with Crippen LogP contribution < -0.4 is 0 Å². The first kappa shape index (κ1) is 15.9. The smallest absolute Gasteiger partial charge is 0.338 e. The maximum atomic E-state index is 12.3. The largest absolute Gasteiger partial charge is 0.464 e. The van der Waals surface area contributed by atoms with E-state index in [0.717, 1.165) is 4.47 Å². The Morgan fingerprint density at radius 1 is 1.43 bits per heavy atom. The molecule has 6 nitrogen and oxygen atoms in total. The van der Waals surface area contributed by atoms with Crippen LogP contribution in [-0.2, 0) is 9.53 Å². The maximum Gasteiger partial charge on any atom is 0.338 e. The first-order valence-corrected chi connectivity index (χ1v) is 7.55. The molecule has 1 aromatic rings. The third-order valence-electron chi connectivity index (χ3n) is 3.49. The number of likely N-dealkylation sites (tertiary alicyclic amines) is 1. The molecule has 114 valence electrons. The summed E-state index contributed by atoms with van der Waals surface area (Å²) in [6.07, 6.45) is 3.46. The summed E-state index contributed by atoms with van der Waals surface area (Å²) in [5.74, 6) is -0.768. The van der Waals surface area contributed by atoms with Gasteiger partial charge < -0.3 is 14.7 Å². The van der Waals surface area contributed by atoms with Crippen molar-refractivity contribution < 1.29 is 19.4 Å². The number of carbonyl (C=O) groups is 2. The first-order valence-electron chi connectivity index (χ1n) is 6.76. The Balaban J connectivity index is 2.01. The highest BCUT2D eigenvalue weighted by molar-refractivity contribution is 9.10. The number of amides is 1. The van der Waals surface area contributed by atoms with Crippen LogP contribution in [0, 0.1) is 0 Å². The van der Waals surface area contributed by atoms with Gasteiger partial charge in [-0.1, -0.05) is 0 Å². The van der Waals surface area contributed by atoms with Crippen LogP contribution in [0.3, 0.4) is 0 Å². The van der Waals surface area contributed by atoms with E-state index in [4.69, 9.17) is 4.74 Å². The minimum Gasteiger partial charge on any atom is -0.464 e. The van der Waals surface area contributed by atoms with Crippen LogP contribution in [0.4, 0.5) is 0 Å². The SMILES string of the molecule is CCOC(=O)C1(O)CCN(C(=O)c2cncc(Br)c2)CC1. The third kappa shape index (κ3) is 3.59. The molecule has 0 unspecified atom stereocenters. The lowest BCUT2D eigenvalue weighted by molar-refractivity contribution is -0.169. The lowest BCUT2D eigenvalue weighted by Crippen LogP contribution is -2.51. The molecule has 1 N–H and O–H groups in total. The van der Waals surface area contributed by atoms with Gasteiger partial charge in [0.25, 0.3) is 5.91 Å². The molecule has 1 saturated heterocycles. The predicted octanol–water partition coefficient (Wildman–Crippen LogP) is 1.37. The molecule has 0 aromatic carbocycles. The van der Waals surface area contributed by atoms with Gasteiger partial charge in [-0.05, 0) is 28.9 Å². The number of rotatable bonds is 3. The molecule has 2 heterocycles. The van der Waals surface area contributed by atoms with Crippen LogP contribution >= 0.6 is 15.9 Å². The van der Waals surface area contributed by atoms with Gasteiger partial charge in [-0.2, -0.15) is 0 Å². The van der Waals surface area contributed by atoms with Crippen molar-refractivity contribution in [2.45, 2.75) is 25.4 Å². The lowest BCUT2D eigenvalue weighted by atomic mass is 9.91. The van der Waals surface area contributed by atoms with Crippen molar-refractivity contribution in [2.75, 3.05) is 19.7 Å². The van der Waals surface area contributed by atoms with Gasteiger partial charge >= 0.3 is 5.97 Å². The van der Waals surface area contributed by atoms with E-state index in [-0.39, 0.29) is 25.4 Å². The molecule has 0 saturated carbocycles.